The third-order valence-electron chi connectivity index (χ3n) is 14.3. The molecule has 0 radical (unpaired) electrons. The lowest BCUT2D eigenvalue weighted by Crippen LogP contribution is -2.48. The van der Waals surface area contributed by atoms with Gasteiger partial charge in [0.1, 0.15) is 0 Å². The van der Waals surface area contributed by atoms with Crippen molar-refractivity contribution in [3.05, 3.63) is 162 Å². The summed E-state index contributed by atoms with van der Waals surface area (Å²) in [5.41, 5.74) is 11.3. The second-order valence-corrected chi connectivity index (χ2v) is 18.5. The fourth-order valence-corrected chi connectivity index (χ4v) is 13.4. The zero-order valence-corrected chi connectivity index (χ0v) is 32.0. The van der Waals surface area contributed by atoms with Gasteiger partial charge in [-0.2, -0.15) is 0 Å². The molecule has 54 heavy (non-hydrogen) atoms. The average molecular weight is 720 g/mol. The van der Waals surface area contributed by atoms with Crippen LogP contribution in [0.5, 0.6) is 0 Å². The lowest BCUT2D eigenvalue weighted by Gasteiger charge is -2.57. The van der Waals surface area contributed by atoms with E-state index in [-0.39, 0.29) is 5.41 Å². The van der Waals surface area contributed by atoms with Crippen LogP contribution in [0, 0.1) is 17.8 Å². The molecule has 1 nitrogen and oxygen atoms in total. The summed E-state index contributed by atoms with van der Waals surface area (Å²) < 4.78 is 2.68. The Kier molecular flexibility index (Phi) is 7.87. The highest BCUT2D eigenvalue weighted by Crippen LogP contribution is 2.61. The fourth-order valence-electron chi connectivity index (χ4n) is 12.3. The normalized spacial score (nSPS) is 24.3. The minimum absolute atomic E-state index is 0.0921. The van der Waals surface area contributed by atoms with Gasteiger partial charge in [-0.3, -0.25) is 0 Å². The van der Waals surface area contributed by atoms with E-state index >= 15 is 0 Å². The third-order valence-corrected chi connectivity index (χ3v) is 15.4. The fraction of sp³-hybridized carbons (Fsp3) is 0.308. The maximum atomic E-state index is 2.52. The van der Waals surface area contributed by atoms with Gasteiger partial charge >= 0.3 is 0 Å². The number of hydrogen-bond donors (Lipinski definition) is 0. The van der Waals surface area contributed by atoms with E-state index in [0.717, 1.165) is 17.8 Å². The minimum Gasteiger partial charge on any atom is -0.310 e. The zero-order chi connectivity index (χ0) is 35.7. The van der Waals surface area contributed by atoms with E-state index < -0.39 is 0 Å². The summed E-state index contributed by atoms with van der Waals surface area (Å²) in [6.45, 7) is 0. The van der Waals surface area contributed by atoms with E-state index in [4.69, 9.17) is 0 Å². The van der Waals surface area contributed by atoms with Crippen molar-refractivity contribution in [3.63, 3.8) is 0 Å². The Bertz CT molecular complexity index is 2400. The van der Waals surface area contributed by atoms with Crippen molar-refractivity contribution in [2.75, 3.05) is 4.90 Å². The van der Waals surface area contributed by atoms with Crippen LogP contribution in [-0.4, -0.2) is 0 Å². The maximum Gasteiger partial charge on any atom is 0.0476 e. The van der Waals surface area contributed by atoms with Crippen LogP contribution in [0.25, 0.3) is 31.3 Å². The Hall–Kier alpha value is -4.66. The van der Waals surface area contributed by atoms with Crippen LogP contribution in [0.4, 0.5) is 17.1 Å². The topological polar surface area (TPSA) is 3.24 Å². The Balaban J connectivity index is 1.02. The second-order valence-electron chi connectivity index (χ2n) is 17.5. The van der Waals surface area contributed by atoms with Gasteiger partial charge in [0.15, 0.2) is 0 Å². The van der Waals surface area contributed by atoms with Gasteiger partial charge in [0.25, 0.3) is 0 Å². The van der Waals surface area contributed by atoms with Gasteiger partial charge in [-0.15, -0.1) is 11.3 Å². The van der Waals surface area contributed by atoms with Crippen molar-refractivity contribution in [2.24, 2.45) is 17.8 Å². The minimum atomic E-state index is 0.0921. The predicted octanol–water partition coefficient (Wildman–Crippen LogP) is 14.9. The molecule has 5 saturated carbocycles. The molecular weight excluding hydrogens is 671 g/mol. The first-order valence-electron chi connectivity index (χ1n) is 20.7. The lowest BCUT2D eigenvalue weighted by molar-refractivity contribution is -0.00518. The quantitative estimate of drug-likeness (QED) is 0.159. The lowest BCUT2D eigenvalue weighted by atomic mass is 9.48. The highest BCUT2D eigenvalue weighted by Gasteiger charge is 2.51. The summed E-state index contributed by atoms with van der Waals surface area (Å²) in [5.74, 6) is 2.85. The Morgan fingerprint density at radius 3 is 1.70 bits per heavy atom. The summed E-state index contributed by atoms with van der Waals surface area (Å²) in [6.07, 6.45) is 15.0. The Labute approximate surface area is 324 Å². The summed E-state index contributed by atoms with van der Waals surface area (Å²) in [6, 6.07) is 55.8. The highest BCUT2D eigenvalue weighted by molar-refractivity contribution is 7.26. The van der Waals surface area contributed by atoms with Crippen molar-refractivity contribution in [3.8, 4) is 11.1 Å². The number of hydrogen-bond acceptors (Lipinski definition) is 2. The Morgan fingerprint density at radius 1 is 0.481 bits per heavy atom. The number of anilines is 3. The molecule has 0 aliphatic heterocycles. The first kappa shape index (κ1) is 32.7. The van der Waals surface area contributed by atoms with E-state index in [1.54, 1.807) is 5.56 Å². The van der Waals surface area contributed by atoms with E-state index in [0.29, 0.717) is 5.41 Å². The highest BCUT2D eigenvalue weighted by atomic mass is 32.1. The van der Waals surface area contributed by atoms with Crippen LogP contribution in [0.1, 0.15) is 87.3 Å². The van der Waals surface area contributed by atoms with Crippen molar-refractivity contribution >= 4 is 48.6 Å². The van der Waals surface area contributed by atoms with E-state index in [1.165, 1.54) is 130 Å². The molecule has 0 unspecified atom stereocenters. The molecule has 6 aromatic carbocycles. The molecular formula is C52H49NS. The van der Waals surface area contributed by atoms with Crippen molar-refractivity contribution < 1.29 is 0 Å². The molecule has 5 aliphatic rings. The van der Waals surface area contributed by atoms with Crippen LogP contribution in [0.2, 0.25) is 0 Å². The maximum absolute atomic E-state index is 2.52. The molecule has 7 aromatic rings. The van der Waals surface area contributed by atoms with Crippen LogP contribution in [-0.2, 0) is 10.8 Å². The van der Waals surface area contributed by atoms with Gasteiger partial charge in [-0.1, -0.05) is 122 Å². The summed E-state index contributed by atoms with van der Waals surface area (Å²) in [5, 5.41) is 2.71. The zero-order valence-electron chi connectivity index (χ0n) is 31.2. The van der Waals surface area contributed by atoms with Crippen LogP contribution in [0.3, 0.4) is 0 Å². The number of thiophene rings is 1. The molecule has 1 aromatic heterocycles. The molecule has 5 fully saturated rings. The van der Waals surface area contributed by atoms with Gasteiger partial charge in [0.05, 0.1) is 0 Å². The van der Waals surface area contributed by atoms with Crippen molar-refractivity contribution in [1.29, 1.82) is 0 Å². The van der Waals surface area contributed by atoms with Gasteiger partial charge < -0.3 is 4.90 Å². The molecule has 0 atom stereocenters. The van der Waals surface area contributed by atoms with Crippen LogP contribution >= 0.6 is 11.3 Å². The van der Waals surface area contributed by atoms with Crippen molar-refractivity contribution in [2.45, 2.75) is 81.5 Å². The summed E-state index contributed by atoms with van der Waals surface area (Å²) in [4.78, 5) is 2.52. The molecule has 268 valence electrons. The van der Waals surface area contributed by atoms with Gasteiger partial charge in [0.2, 0.25) is 0 Å². The molecule has 5 aliphatic carbocycles. The largest absolute Gasteiger partial charge is 0.310 e. The predicted molar refractivity (Wildman–Crippen MR) is 230 cm³/mol. The first-order chi connectivity index (χ1) is 26.6. The van der Waals surface area contributed by atoms with Gasteiger partial charge in [-0.25, -0.2) is 0 Å². The van der Waals surface area contributed by atoms with Crippen LogP contribution in [0.15, 0.2) is 146 Å². The van der Waals surface area contributed by atoms with E-state index in [9.17, 15) is 0 Å². The summed E-state index contributed by atoms with van der Waals surface area (Å²) >= 11 is 1.92. The van der Waals surface area contributed by atoms with Crippen LogP contribution < -0.4 is 4.90 Å². The van der Waals surface area contributed by atoms with Gasteiger partial charge in [0, 0.05) is 42.6 Å². The molecule has 1 heterocycles. The molecule has 0 N–H and O–H groups in total. The van der Waals surface area contributed by atoms with Gasteiger partial charge in [-0.05, 0) is 145 Å². The third kappa shape index (κ3) is 5.39. The Morgan fingerprint density at radius 2 is 1.06 bits per heavy atom. The van der Waals surface area contributed by atoms with Crippen molar-refractivity contribution in [1.82, 2.24) is 0 Å². The second kappa shape index (κ2) is 13.0. The molecule has 0 saturated heterocycles. The smallest absolute Gasteiger partial charge is 0.0476 e. The standard InChI is InChI=1S/C52H49NS/c1-4-11-39(12-5-1)46-15-10-16-48-50(46)47-26-25-45(32-49(47)54-48)53(43-21-17-40(18-22-43)51-33-36-29-37(34-51)31-38(30-36)35-51)44-23-19-42(20-24-44)52(27-8-3-9-28-52)41-13-6-2-7-14-41/h1-2,4-7,10-26,32,36-38H,3,8-9,27-31,33-35H2. The SMILES string of the molecule is c1ccc(-c2cccc3sc4cc(N(c5ccc(C67CC8CC(CC(C8)C6)C7)cc5)c5ccc(C6(c7ccccc7)CCCCC6)cc5)ccc4c23)cc1. The molecule has 0 amide bonds. The monoisotopic (exact) mass is 719 g/mol. The van der Waals surface area contributed by atoms with E-state index in [2.05, 4.69) is 150 Å². The van der Waals surface area contributed by atoms with E-state index in [1.807, 2.05) is 11.3 Å². The number of rotatable bonds is 7. The molecule has 2 heteroatoms. The molecule has 0 spiro atoms. The number of fused-ring (bicyclic) bond motifs is 3. The molecule has 12 rings (SSSR count). The number of benzene rings is 6. The number of nitrogens with zero attached hydrogens (tertiary/aromatic N) is 1. The average Bonchev–Trinajstić information content (AvgIpc) is 3.60. The molecule has 4 bridgehead atoms. The first-order valence-corrected chi connectivity index (χ1v) is 21.5. The summed E-state index contributed by atoms with van der Waals surface area (Å²) in [7, 11) is 0.